The standard InChI is InChI=1S/C14H22N2O2.C4H4O4/c1-5-10(2)12-14(17-4)18-13(15-12)11-7-6-8-16(3)9-11;5-3(6)1-2-4(7)8/h7,10H,5-6,8-9H2,1-4H3;1-2H,(H,5,6)(H,7,8)/b;2-1-/t10-;/m0./s1. The molecule has 0 saturated carbocycles. The number of nitrogens with zero attached hydrogens (tertiary/aromatic N) is 2. The number of carboxylic acid groups (broad SMARTS) is 2. The van der Waals surface area contributed by atoms with Crippen molar-refractivity contribution in [1.82, 2.24) is 9.88 Å². The molecule has 0 aliphatic carbocycles. The van der Waals surface area contributed by atoms with Gasteiger partial charge in [-0.25, -0.2) is 14.6 Å². The monoisotopic (exact) mass is 366 g/mol. The van der Waals surface area contributed by atoms with Crippen LogP contribution in [0.4, 0.5) is 0 Å². The van der Waals surface area contributed by atoms with Gasteiger partial charge in [-0.3, -0.25) is 0 Å². The zero-order valence-corrected chi connectivity index (χ0v) is 15.6. The van der Waals surface area contributed by atoms with Crippen molar-refractivity contribution in [3.63, 3.8) is 0 Å². The summed E-state index contributed by atoms with van der Waals surface area (Å²) in [5.74, 6) is -0.874. The van der Waals surface area contributed by atoms with E-state index in [0.29, 0.717) is 29.9 Å². The maximum atomic E-state index is 9.55. The van der Waals surface area contributed by atoms with E-state index in [-0.39, 0.29) is 0 Å². The highest BCUT2D eigenvalue weighted by molar-refractivity contribution is 5.89. The van der Waals surface area contributed by atoms with Crippen molar-refractivity contribution < 1.29 is 29.0 Å². The molecule has 0 amide bonds. The van der Waals surface area contributed by atoms with Crippen LogP contribution in [-0.4, -0.2) is 59.3 Å². The summed E-state index contributed by atoms with van der Waals surface area (Å²) in [5.41, 5.74) is 2.10. The van der Waals surface area contributed by atoms with Gasteiger partial charge in [0.25, 0.3) is 0 Å². The Morgan fingerprint density at radius 3 is 2.46 bits per heavy atom. The summed E-state index contributed by atoms with van der Waals surface area (Å²) < 4.78 is 11.0. The molecule has 2 rings (SSSR count). The van der Waals surface area contributed by atoms with E-state index in [2.05, 4.69) is 36.9 Å². The van der Waals surface area contributed by atoms with E-state index >= 15 is 0 Å². The number of hydrogen-bond acceptors (Lipinski definition) is 6. The predicted molar refractivity (Wildman–Crippen MR) is 96.3 cm³/mol. The van der Waals surface area contributed by atoms with Crippen LogP contribution in [0.15, 0.2) is 22.6 Å². The lowest BCUT2D eigenvalue weighted by Crippen LogP contribution is -2.25. The minimum Gasteiger partial charge on any atom is -0.478 e. The smallest absolute Gasteiger partial charge is 0.328 e. The second-order valence-electron chi connectivity index (χ2n) is 5.97. The summed E-state index contributed by atoms with van der Waals surface area (Å²) in [6, 6.07) is 0. The third kappa shape index (κ3) is 6.72. The molecule has 0 spiro atoms. The molecule has 144 valence electrons. The molecule has 1 aliphatic rings. The third-order valence-electron chi connectivity index (χ3n) is 3.87. The van der Waals surface area contributed by atoms with E-state index in [9.17, 15) is 9.59 Å². The Balaban J connectivity index is 0.000000359. The molecular weight excluding hydrogens is 340 g/mol. The van der Waals surface area contributed by atoms with Crippen LogP contribution in [0.5, 0.6) is 5.95 Å². The van der Waals surface area contributed by atoms with Gasteiger partial charge in [-0.15, -0.1) is 0 Å². The first-order valence-corrected chi connectivity index (χ1v) is 8.35. The lowest BCUT2D eigenvalue weighted by molar-refractivity contribution is -0.134. The predicted octanol–water partition coefficient (Wildman–Crippen LogP) is 2.63. The molecule has 2 heterocycles. The van der Waals surface area contributed by atoms with Crippen molar-refractivity contribution >= 4 is 17.5 Å². The number of hydrogen-bond donors (Lipinski definition) is 2. The first-order chi connectivity index (χ1) is 12.3. The molecule has 2 N–H and O–H groups in total. The van der Waals surface area contributed by atoms with Gasteiger partial charge in [0.1, 0.15) is 5.69 Å². The zero-order valence-electron chi connectivity index (χ0n) is 15.6. The summed E-state index contributed by atoms with van der Waals surface area (Å²) in [6.07, 6.45) is 5.41. The molecule has 0 unspecified atom stereocenters. The van der Waals surface area contributed by atoms with Crippen LogP contribution in [0, 0.1) is 0 Å². The van der Waals surface area contributed by atoms with Gasteiger partial charge < -0.3 is 24.3 Å². The summed E-state index contributed by atoms with van der Waals surface area (Å²) in [6.45, 7) is 6.28. The second kappa shape index (κ2) is 10.4. The van der Waals surface area contributed by atoms with Gasteiger partial charge in [-0.1, -0.05) is 19.9 Å². The summed E-state index contributed by atoms with van der Waals surface area (Å²) in [7, 11) is 3.75. The number of ether oxygens (including phenoxy) is 1. The molecule has 1 atom stereocenters. The maximum Gasteiger partial charge on any atom is 0.328 e. The van der Waals surface area contributed by atoms with Gasteiger partial charge in [0, 0.05) is 36.7 Å². The maximum absolute atomic E-state index is 9.55. The molecule has 0 aromatic carbocycles. The molecule has 0 radical (unpaired) electrons. The quantitative estimate of drug-likeness (QED) is 0.739. The fourth-order valence-electron chi connectivity index (χ4n) is 2.30. The van der Waals surface area contributed by atoms with E-state index in [1.807, 2.05) is 0 Å². The van der Waals surface area contributed by atoms with E-state index in [4.69, 9.17) is 19.4 Å². The highest BCUT2D eigenvalue weighted by Crippen LogP contribution is 2.32. The molecule has 1 aromatic rings. The molecule has 0 bridgehead atoms. The fourth-order valence-corrected chi connectivity index (χ4v) is 2.30. The van der Waals surface area contributed by atoms with Gasteiger partial charge >= 0.3 is 17.9 Å². The number of aromatic nitrogens is 1. The van der Waals surface area contributed by atoms with Crippen LogP contribution in [0.2, 0.25) is 0 Å². The van der Waals surface area contributed by atoms with Crippen LogP contribution in [0.3, 0.4) is 0 Å². The van der Waals surface area contributed by atoms with E-state index in [1.165, 1.54) is 0 Å². The fraction of sp³-hybridized carbons (Fsp3) is 0.500. The Morgan fingerprint density at radius 1 is 1.38 bits per heavy atom. The van der Waals surface area contributed by atoms with E-state index < -0.39 is 11.9 Å². The Kier molecular flexibility index (Phi) is 8.57. The average Bonchev–Trinajstić information content (AvgIpc) is 3.04. The van der Waals surface area contributed by atoms with Crippen molar-refractivity contribution in [2.75, 3.05) is 27.2 Å². The lowest BCUT2D eigenvalue weighted by Gasteiger charge is -2.20. The number of methoxy groups -OCH3 is 1. The summed E-state index contributed by atoms with van der Waals surface area (Å²) in [5, 5.41) is 15.6. The molecule has 0 saturated heterocycles. The number of likely N-dealkylation sites (N-methyl/N-ethyl adjacent to an activating group) is 1. The van der Waals surface area contributed by atoms with Crippen molar-refractivity contribution in [2.45, 2.75) is 32.6 Å². The van der Waals surface area contributed by atoms with Crippen molar-refractivity contribution in [2.24, 2.45) is 0 Å². The molecule has 1 aromatic heterocycles. The molecule has 8 heteroatoms. The average molecular weight is 366 g/mol. The first kappa shape index (κ1) is 21.4. The third-order valence-corrected chi connectivity index (χ3v) is 3.87. The minimum atomic E-state index is -1.26. The van der Waals surface area contributed by atoms with Gasteiger partial charge in [-0.05, 0) is 19.9 Å². The first-order valence-electron chi connectivity index (χ1n) is 8.35. The van der Waals surface area contributed by atoms with Crippen LogP contribution in [0.1, 0.15) is 44.2 Å². The Morgan fingerprint density at radius 2 is 2.00 bits per heavy atom. The van der Waals surface area contributed by atoms with Crippen LogP contribution < -0.4 is 4.74 Å². The van der Waals surface area contributed by atoms with Gasteiger partial charge in [0.15, 0.2) is 0 Å². The van der Waals surface area contributed by atoms with Gasteiger partial charge in [0.2, 0.25) is 5.89 Å². The number of carbonyl (C=O) groups is 2. The Labute approximate surface area is 152 Å². The van der Waals surface area contributed by atoms with Crippen molar-refractivity contribution in [3.8, 4) is 5.95 Å². The topological polar surface area (TPSA) is 113 Å². The Bertz CT molecular complexity index is 661. The van der Waals surface area contributed by atoms with E-state index in [0.717, 1.165) is 37.2 Å². The van der Waals surface area contributed by atoms with Gasteiger partial charge in [0.05, 0.1) is 7.11 Å². The van der Waals surface area contributed by atoms with Crippen molar-refractivity contribution in [3.05, 3.63) is 29.8 Å². The largest absolute Gasteiger partial charge is 0.478 e. The number of rotatable bonds is 6. The number of carboxylic acids is 2. The van der Waals surface area contributed by atoms with Crippen LogP contribution >= 0.6 is 0 Å². The number of aliphatic carboxylic acids is 2. The molecule has 26 heavy (non-hydrogen) atoms. The molecule has 1 aliphatic heterocycles. The minimum absolute atomic E-state index is 0.361. The van der Waals surface area contributed by atoms with Crippen LogP contribution in [-0.2, 0) is 9.59 Å². The van der Waals surface area contributed by atoms with E-state index in [1.54, 1.807) is 7.11 Å². The lowest BCUT2D eigenvalue weighted by atomic mass is 10.1. The summed E-state index contributed by atoms with van der Waals surface area (Å²) >= 11 is 0. The second-order valence-corrected chi connectivity index (χ2v) is 5.97. The highest BCUT2D eigenvalue weighted by Gasteiger charge is 2.22. The highest BCUT2D eigenvalue weighted by atomic mass is 16.6. The van der Waals surface area contributed by atoms with Gasteiger partial charge in [-0.2, -0.15) is 0 Å². The SMILES string of the molecule is CC[C@H](C)c1nc(C2=CCCN(C)C2)oc1OC.O=C(O)/C=C\C(=O)O. The van der Waals surface area contributed by atoms with Crippen LogP contribution in [0.25, 0.3) is 5.57 Å². The zero-order chi connectivity index (χ0) is 19.7. The Hall–Kier alpha value is -2.61. The normalized spacial score (nSPS) is 15.8. The van der Waals surface area contributed by atoms with Crippen molar-refractivity contribution in [1.29, 1.82) is 0 Å². The number of oxazole rings is 1. The summed E-state index contributed by atoms with van der Waals surface area (Å²) in [4.78, 5) is 26.0. The molecular formula is C18H26N2O6. The molecule has 0 fully saturated rings. The molecule has 8 nitrogen and oxygen atoms in total.